The topological polar surface area (TPSA) is 118 Å². The van der Waals surface area contributed by atoms with Gasteiger partial charge in [0.2, 0.25) is 11.8 Å². The summed E-state index contributed by atoms with van der Waals surface area (Å²) in [6.07, 6.45) is 2.49. The zero-order valence-corrected chi connectivity index (χ0v) is 21.4. The molecule has 1 unspecified atom stereocenters. The first-order valence-corrected chi connectivity index (χ1v) is 12.6. The maximum Gasteiger partial charge on any atom is 0.319 e. The highest BCUT2D eigenvalue weighted by Crippen LogP contribution is 2.32. The SMILES string of the molecule is CCNC(=O)Nc1ccc(-c2nc3c(c(N4CCOCC4C)n2)CCN(c2nccc(OC)n2)C3)cc1. The minimum atomic E-state index is -0.233. The Balaban J connectivity index is 1.49. The molecule has 4 heterocycles. The molecular formula is C26H32N8O3. The lowest BCUT2D eigenvalue weighted by molar-refractivity contribution is 0.0984. The second-order valence-electron chi connectivity index (χ2n) is 9.05. The zero-order valence-electron chi connectivity index (χ0n) is 21.4. The van der Waals surface area contributed by atoms with Gasteiger partial charge in [0.25, 0.3) is 0 Å². The predicted molar refractivity (Wildman–Crippen MR) is 141 cm³/mol. The predicted octanol–water partition coefficient (Wildman–Crippen LogP) is 2.87. The fraction of sp³-hybridized carbons (Fsp3) is 0.423. The van der Waals surface area contributed by atoms with Crippen molar-refractivity contribution in [2.24, 2.45) is 0 Å². The zero-order chi connectivity index (χ0) is 25.8. The van der Waals surface area contributed by atoms with E-state index >= 15 is 0 Å². The standard InChI is InChI=1S/C26H32N8O3/c1-4-27-26(35)29-19-7-5-18(6-8-19)23-30-21-15-33(25-28-11-9-22(31-25)36-3)12-10-20(21)24(32-23)34-13-14-37-16-17(34)2/h5-9,11,17H,4,10,12-16H2,1-3H3,(H2,27,29,35). The van der Waals surface area contributed by atoms with E-state index in [9.17, 15) is 4.79 Å². The number of aromatic nitrogens is 4. The Labute approximate surface area is 216 Å². The highest BCUT2D eigenvalue weighted by Gasteiger charge is 2.29. The Kier molecular flexibility index (Phi) is 7.31. The number of rotatable bonds is 6. The molecule has 2 aliphatic rings. The second kappa shape index (κ2) is 11.0. The number of nitrogens with zero attached hydrogens (tertiary/aromatic N) is 6. The molecule has 194 valence electrons. The minimum absolute atomic E-state index is 0.212. The van der Waals surface area contributed by atoms with Crippen molar-refractivity contribution in [2.45, 2.75) is 32.9 Å². The summed E-state index contributed by atoms with van der Waals surface area (Å²) in [4.78, 5) is 35.4. The highest BCUT2D eigenvalue weighted by atomic mass is 16.5. The molecule has 11 heteroatoms. The number of morpholine rings is 1. The van der Waals surface area contributed by atoms with E-state index in [1.165, 1.54) is 0 Å². The summed E-state index contributed by atoms with van der Waals surface area (Å²) in [6.45, 7) is 8.05. The summed E-state index contributed by atoms with van der Waals surface area (Å²) in [7, 11) is 1.60. The number of fused-ring (bicyclic) bond motifs is 1. The van der Waals surface area contributed by atoms with Crippen molar-refractivity contribution in [3.05, 3.63) is 47.8 Å². The van der Waals surface area contributed by atoms with Gasteiger partial charge in [-0.15, -0.1) is 0 Å². The number of anilines is 3. The molecule has 0 spiro atoms. The first-order chi connectivity index (χ1) is 18.1. The molecule has 0 bridgehead atoms. The molecule has 0 aliphatic carbocycles. The fourth-order valence-electron chi connectivity index (χ4n) is 4.63. The van der Waals surface area contributed by atoms with Crippen molar-refractivity contribution >= 4 is 23.5 Å². The van der Waals surface area contributed by atoms with Gasteiger partial charge in [-0.3, -0.25) is 0 Å². The summed E-state index contributed by atoms with van der Waals surface area (Å²) in [5.41, 5.74) is 3.70. The third kappa shape index (κ3) is 5.41. The van der Waals surface area contributed by atoms with Gasteiger partial charge in [0, 0.05) is 48.7 Å². The summed E-state index contributed by atoms with van der Waals surface area (Å²) in [5.74, 6) is 2.76. The van der Waals surface area contributed by atoms with E-state index in [1.807, 2.05) is 31.2 Å². The lowest BCUT2D eigenvalue weighted by atomic mass is 10.0. The van der Waals surface area contributed by atoms with Crippen LogP contribution < -0.4 is 25.2 Å². The van der Waals surface area contributed by atoms with Crippen LogP contribution in [0.2, 0.25) is 0 Å². The molecule has 2 aromatic heterocycles. The minimum Gasteiger partial charge on any atom is -0.481 e. The van der Waals surface area contributed by atoms with Gasteiger partial charge in [-0.1, -0.05) is 0 Å². The second-order valence-corrected chi connectivity index (χ2v) is 9.05. The number of carbonyl (C=O) groups is 1. The number of urea groups is 1. The van der Waals surface area contributed by atoms with Crippen LogP contribution in [-0.2, 0) is 17.7 Å². The number of nitrogens with one attached hydrogen (secondary N) is 2. The van der Waals surface area contributed by atoms with Crippen LogP contribution in [0, 0.1) is 0 Å². The van der Waals surface area contributed by atoms with E-state index in [-0.39, 0.29) is 12.1 Å². The van der Waals surface area contributed by atoms with E-state index < -0.39 is 0 Å². The van der Waals surface area contributed by atoms with Crippen LogP contribution in [0.15, 0.2) is 36.5 Å². The summed E-state index contributed by atoms with van der Waals surface area (Å²) < 4.78 is 11.0. The molecule has 0 radical (unpaired) electrons. The molecule has 0 saturated carbocycles. The number of ether oxygens (including phenoxy) is 2. The van der Waals surface area contributed by atoms with E-state index in [0.717, 1.165) is 42.1 Å². The van der Waals surface area contributed by atoms with E-state index in [4.69, 9.17) is 19.4 Å². The highest BCUT2D eigenvalue weighted by molar-refractivity contribution is 5.89. The van der Waals surface area contributed by atoms with Crippen LogP contribution in [0.1, 0.15) is 25.1 Å². The van der Waals surface area contributed by atoms with Crippen LogP contribution in [0.5, 0.6) is 5.88 Å². The van der Waals surface area contributed by atoms with Crippen molar-refractivity contribution in [1.29, 1.82) is 0 Å². The number of carbonyl (C=O) groups excluding carboxylic acids is 1. The van der Waals surface area contributed by atoms with Gasteiger partial charge in [0.1, 0.15) is 5.82 Å². The van der Waals surface area contributed by atoms with Crippen molar-refractivity contribution in [1.82, 2.24) is 25.3 Å². The first kappa shape index (κ1) is 24.7. The molecule has 1 aromatic carbocycles. The molecular weight excluding hydrogens is 472 g/mol. The van der Waals surface area contributed by atoms with E-state index in [1.54, 1.807) is 19.4 Å². The van der Waals surface area contributed by atoms with Gasteiger partial charge in [0.15, 0.2) is 5.82 Å². The monoisotopic (exact) mass is 504 g/mol. The average Bonchev–Trinajstić information content (AvgIpc) is 2.93. The van der Waals surface area contributed by atoms with E-state index in [2.05, 4.69) is 37.3 Å². The number of benzene rings is 1. The quantitative estimate of drug-likeness (QED) is 0.522. The molecule has 11 nitrogen and oxygen atoms in total. The summed E-state index contributed by atoms with van der Waals surface area (Å²) in [6, 6.07) is 9.31. The van der Waals surface area contributed by atoms with Crippen LogP contribution in [0.3, 0.4) is 0 Å². The maximum absolute atomic E-state index is 11.9. The van der Waals surface area contributed by atoms with Gasteiger partial charge in [-0.2, -0.15) is 4.98 Å². The fourth-order valence-corrected chi connectivity index (χ4v) is 4.63. The molecule has 5 rings (SSSR count). The Morgan fingerprint density at radius 2 is 2.00 bits per heavy atom. The molecule has 1 saturated heterocycles. The molecule has 1 atom stereocenters. The largest absolute Gasteiger partial charge is 0.481 e. The maximum atomic E-state index is 11.9. The Hall–Kier alpha value is -3.99. The summed E-state index contributed by atoms with van der Waals surface area (Å²) in [5, 5.41) is 5.56. The number of hydrogen-bond donors (Lipinski definition) is 2. The Morgan fingerprint density at radius 3 is 2.76 bits per heavy atom. The normalized spacial score (nSPS) is 17.2. The van der Waals surface area contributed by atoms with Gasteiger partial charge < -0.3 is 29.9 Å². The molecule has 3 aromatic rings. The lowest BCUT2D eigenvalue weighted by Gasteiger charge is -2.37. The average molecular weight is 505 g/mol. The Bertz CT molecular complexity index is 1250. The Morgan fingerprint density at radius 1 is 1.16 bits per heavy atom. The van der Waals surface area contributed by atoms with Crippen molar-refractivity contribution in [3.63, 3.8) is 0 Å². The first-order valence-electron chi connectivity index (χ1n) is 12.6. The van der Waals surface area contributed by atoms with Crippen LogP contribution in [-0.4, -0.2) is 72.0 Å². The lowest BCUT2D eigenvalue weighted by Crippen LogP contribution is -2.45. The summed E-state index contributed by atoms with van der Waals surface area (Å²) >= 11 is 0. The molecule has 2 amide bonds. The van der Waals surface area contributed by atoms with Crippen LogP contribution in [0.4, 0.5) is 22.2 Å². The molecule has 1 fully saturated rings. The van der Waals surface area contributed by atoms with Crippen LogP contribution in [0.25, 0.3) is 11.4 Å². The van der Waals surface area contributed by atoms with Gasteiger partial charge >= 0.3 is 6.03 Å². The third-order valence-electron chi connectivity index (χ3n) is 6.53. The van der Waals surface area contributed by atoms with Crippen molar-refractivity contribution in [2.75, 3.05) is 55.1 Å². The smallest absolute Gasteiger partial charge is 0.319 e. The third-order valence-corrected chi connectivity index (χ3v) is 6.53. The van der Waals surface area contributed by atoms with Crippen LogP contribution >= 0.6 is 0 Å². The van der Waals surface area contributed by atoms with E-state index in [0.29, 0.717) is 49.6 Å². The van der Waals surface area contributed by atoms with Crippen molar-refractivity contribution in [3.8, 4) is 17.3 Å². The number of methoxy groups -OCH3 is 1. The molecule has 2 aliphatic heterocycles. The van der Waals surface area contributed by atoms with Gasteiger partial charge in [-0.05, 0) is 44.5 Å². The number of amides is 2. The van der Waals surface area contributed by atoms with Gasteiger partial charge in [-0.25, -0.2) is 19.7 Å². The molecule has 2 N–H and O–H groups in total. The van der Waals surface area contributed by atoms with Gasteiger partial charge in [0.05, 0.1) is 38.6 Å². The number of hydrogen-bond acceptors (Lipinski definition) is 9. The van der Waals surface area contributed by atoms with Crippen molar-refractivity contribution < 1.29 is 14.3 Å². The molecule has 37 heavy (non-hydrogen) atoms.